The number of ether oxygens (including phenoxy) is 2. The summed E-state index contributed by atoms with van der Waals surface area (Å²) in [4.78, 5) is 22.5. The van der Waals surface area contributed by atoms with E-state index in [1.165, 1.54) is 13.2 Å². The summed E-state index contributed by atoms with van der Waals surface area (Å²) in [7, 11) is 3.04. The van der Waals surface area contributed by atoms with Gasteiger partial charge in [-0.1, -0.05) is 12.1 Å². The molecule has 0 aromatic heterocycles. The molecule has 8 heteroatoms. The van der Waals surface area contributed by atoms with Gasteiger partial charge >= 0.3 is 0 Å². The summed E-state index contributed by atoms with van der Waals surface area (Å²) in [5.41, 5.74) is 0.876. The Morgan fingerprint density at radius 3 is 2.56 bits per heavy atom. The number of carbonyl (C=O) groups is 1. The Morgan fingerprint density at radius 1 is 1.12 bits per heavy atom. The maximum Gasteiger partial charge on any atom is 0.292 e. The van der Waals surface area contributed by atoms with Crippen molar-refractivity contribution in [2.75, 3.05) is 31.4 Å². The fourth-order valence-corrected chi connectivity index (χ4v) is 2.21. The van der Waals surface area contributed by atoms with Gasteiger partial charge in [0.25, 0.3) is 5.69 Å². The highest BCUT2D eigenvalue weighted by Crippen LogP contribution is 2.29. The number of nitrogens with one attached hydrogen (secondary N) is 2. The third kappa shape index (κ3) is 4.84. The van der Waals surface area contributed by atoms with E-state index in [2.05, 4.69) is 10.6 Å². The Bertz CT molecular complexity index is 764. The van der Waals surface area contributed by atoms with Crippen LogP contribution in [-0.2, 0) is 4.79 Å². The van der Waals surface area contributed by atoms with E-state index in [1.807, 2.05) is 0 Å². The Balaban J connectivity index is 1.93. The van der Waals surface area contributed by atoms with Gasteiger partial charge in [-0.25, -0.2) is 0 Å². The number of amides is 1. The SMILES string of the molecule is COc1ccc(NC(=O)CCNc2ccccc2[N+](=O)[O-])c(OC)c1. The van der Waals surface area contributed by atoms with Crippen LogP contribution in [0, 0.1) is 10.1 Å². The first-order valence-electron chi connectivity index (χ1n) is 7.54. The van der Waals surface area contributed by atoms with E-state index in [9.17, 15) is 14.9 Å². The maximum absolute atomic E-state index is 12.1. The number of hydrogen-bond acceptors (Lipinski definition) is 6. The predicted octanol–water partition coefficient (Wildman–Crippen LogP) is 3.05. The van der Waals surface area contributed by atoms with E-state index in [4.69, 9.17) is 9.47 Å². The molecule has 0 atom stereocenters. The molecule has 2 aromatic carbocycles. The first-order valence-corrected chi connectivity index (χ1v) is 7.54. The van der Waals surface area contributed by atoms with E-state index in [1.54, 1.807) is 43.5 Å². The van der Waals surface area contributed by atoms with Crippen LogP contribution in [0.4, 0.5) is 17.1 Å². The van der Waals surface area contributed by atoms with Crippen LogP contribution >= 0.6 is 0 Å². The molecular weight excluding hydrogens is 326 g/mol. The van der Waals surface area contributed by atoms with Crippen molar-refractivity contribution in [1.29, 1.82) is 0 Å². The van der Waals surface area contributed by atoms with Crippen molar-refractivity contribution < 1.29 is 19.2 Å². The van der Waals surface area contributed by atoms with E-state index in [-0.39, 0.29) is 24.6 Å². The minimum absolute atomic E-state index is 0.0280. The van der Waals surface area contributed by atoms with E-state index >= 15 is 0 Å². The number of benzene rings is 2. The molecule has 0 unspecified atom stereocenters. The fraction of sp³-hybridized carbons (Fsp3) is 0.235. The average Bonchev–Trinajstić information content (AvgIpc) is 2.62. The molecule has 0 heterocycles. The van der Waals surface area contributed by atoms with Crippen LogP contribution in [0.5, 0.6) is 11.5 Å². The van der Waals surface area contributed by atoms with Crippen LogP contribution in [0.1, 0.15) is 6.42 Å². The molecule has 0 saturated heterocycles. The molecule has 0 spiro atoms. The standard InChI is InChI=1S/C17H19N3O5/c1-24-12-7-8-14(16(11-12)25-2)19-17(21)9-10-18-13-5-3-4-6-15(13)20(22)23/h3-8,11,18H,9-10H2,1-2H3,(H,19,21). The second-order valence-corrected chi connectivity index (χ2v) is 5.07. The fourth-order valence-electron chi connectivity index (χ4n) is 2.21. The first kappa shape index (κ1) is 18.1. The molecule has 8 nitrogen and oxygen atoms in total. The van der Waals surface area contributed by atoms with Crippen LogP contribution in [0.15, 0.2) is 42.5 Å². The number of rotatable bonds is 8. The summed E-state index contributed by atoms with van der Waals surface area (Å²) >= 11 is 0. The Kier molecular flexibility index (Phi) is 6.16. The number of para-hydroxylation sites is 2. The average molecular weight is 345 g/mol. The van der Waals surface area contributed by atoms with Crippen LogP contribution in [-0.4, -0.2) is 31.6 Å². The van der Waals surface area contributed by atoms with Crippen LogP contribution < -0.4 is 20.1 Å². The lowest BCUT2D eigenvalue weighted by molar-refractivity contribution is -0.384. The van der Waals surface area contributed by atoms with Crippen molar-refractivity contribution in [1.82, 2.24) is 0 Å². The molecule has 0 radical (unpaired) electrons. The molecule has 0 fully saturated rings. The molecule has 2 N–H and O–H groups in total. The second-order valence-electron chi connectivity index (χ2n) is 5.07. The number of hydrogen-bond donors (Lipinski definition) is 2. The lowest BCUT2D eigenvalue weighted by Gasteiger charge is -2.12. The van der Waals surface area contributed by atoms with E-state index in [0.29, 0.717) is 22.9 Å². The van der Waals surface area contributed by atoms with Crippen molar-refractivity contribution in [2.45, 2.75) is 6.42 Å². The normalized spacial score (nSPS) is 10.0. The zero-order valence-electron chi connectivity index (χ0n) is 13.9. The second kappa shape index (κ2) is 8.53. The molecule has 0 aliphatic carbocycles. The molecule has 1 amide bonds. The minimum atomic E-state index is -0.468. The van der Waals surface area contributed by atoms with Gasteiger partial charge in [-0.15, -0.1) is 0 Å². The first-order chi connectivity index (χ1) is 12.0. The molecule has 25 heavy (non-hydrogen) atoms. The largest absolute Gasteiger partial charge is 0.497 e. The van der Waals surface area contributed by atoms with Crippen molar-refractivity contribution in [3.05, 3.63) is 52.6 Å². The van der Waals surface area contributed by atoms with Gasteiger partial charge in [-0.3, -0.25) is 14.9 Å². The smallest absolute Gasteiger partial charge is 0.292 e. The molecule has 0 aliphatic rings. The number of nitro benzene ring substituents is 1. The van der Waals surface area contributed by atoms with E-state index in [0.717, 1.165) is 0 Å². The molecular formula is C17H19N3O5. The molecule has 0 bridgehead atoms. The lowest BCUT2D eigenvalue weighted by atomic mass is 10.2. The summed E-state index contributed by atoms with van der Waals surface area (Å²) in [6.07, 6.45) is 0.140. The summed E-state index contributed by atoms with van der Waals surface area (Å²) in [5.74, 6) is 0.863. The highest BCUT2D eigenvalue weighted by Gasteiger charge is 2.13. The number of methoxy groups -OCH3 is 2. The zero-order valence-corrected chi connectivity index (χ0v) is 13.9. The molecule has 0 saturated carbocycles. The lowest BCUT2D eigenvalue weighted by Crippen LogP contribution is -2.17. The maximum atomic E-state index is 12.1. The van der Waals surface area contributed by atoms with Gasteiger partial charge in [-0.05, 0) is 18.2 Å². The summed E-state index contributed by atoms with van der Waals surface area (Å²) < 4.78 is 10.3. The summed E-state index contributed by atoms with van der Waals surface area (Å²) in [6.45, 7) is 0.259. The molecule has 132 valence electrons. The van der Waals surface area contributed by atoms with Crippen molar-refractivity contribution >= 4 is 23.0 Å². The van der Waals surface area contributed by atoms with Crippen molar-refractivity contribution in [2.24, 2.45) is 0 Å². The van der Waals surface area contributed by atoms with Gasteiger partial charge in [0.15, 0.2) is 0 Å². The van der Waals surface area contributed by atoms with Gasteiger partial charge in [0, 0.05) is 25.1 Å². The van der Waals surface area contributed by atoms with Gasteiger partial charge in [-0.2, -0.15) is 0 Å². The molecule has 2 aromatic rings. The molecule has 2 rings (SSSR count). The number of nitro groups is 1. The monoisotopic (exact) mass is 345 g/mol. The summed E-state index contributed by atoms with van der Waals surface area (Å²) in [5, 5.41) is 16.6. The molecule has 0 aliphatic heterocycles. The predicted molar refractivity (Wildman–Crippen MR) is 94.4 cm³/mol. The van der Waals surface area contributed by atoms with Crippen LogP contribution in [0.3, 0.4) is 0 Å². The Morgan fingerprint density at radius 2 is 1.88 bits per heavy atom. The summed E-state index contributed by atoms with van der Waals surface area (Å²) in [6, 6.07) is 11.4. The number of anilines is 2. The third-order valence-corrected chi connectivity index (χ3v) is 3.45. The topological polar surface area (TPSA) is 103 Å². The number of carbonyl (C=O) groups excluding carboxylic acids is 1. The highest BCUT2D eigenvalue weighted by atomic mass is 16.6. The van der Waals surface area contributed by atoms with Crippen LogP contribution in [0.2, 0.25) is 0 Å². The third-order valence-electron chi connectivity index (χ3n) is 3.45. The van der Waals surface area contributed by atoms with E-state index < -0.39 is 4.92 Å². The minimum Gasteiger partial charge on any atom is -0.497 e. The number of nitrogens with zero attached hydrogens (tertiary/aromatic N) is 1. The van der Waals surface area contributed by atoms with Gasteiger partial charge in [0.1, 0.15) is 17.2 Å². The van der Waals surface area contributed by atoms with Crippen molar-refractivity contribution in [3.8, 4) is 11.5 Å². The van der Waals surface area contributed by atoms with Gasteiger partial charge in [0.2, 0.25) is 5.91 Å². The van der Waals surface area contributed by atoms with Crippen LogP contribution in [0.25, 0.3) is 0 Å². The Labute approximate surface area is 144 Å². The van der Waals surface area contributed by atoms with Gasteiger partial charge < -0.3 is 20.1 Å². The van der Waals surface area contributed by atoms with Gasteiger partial charge in [0.05, 0.1) is 24.8 Å². The van der Waals surface area contributed by atoms with Crippen molar-refractivity contribution in [3.63, 3.8) is 0 Å². The highest BCUT2D eigenvalue weighted by molar-refractivity contribution is 5.92. The Hall–Kier alpha value is -3.29. The zero-order chi connectivity index (χ0) is 18.2. The quantitative estimate of drug-likeness (QED) is 0.563.